The summed E-state index contributed by atoms with van der Waals surface area (Å²) in [6.45, 7) is 21.8. The Hall–Kier alpha value is -1.92. The standard InChI is InChI=1S/C60H116N2.C4H6O4/c1-9-13-17-21-25-29-33-37-41-47-55(5)61(56(6)48-42-38-34-30-26-22-18-14-10-2)53-59-51-45-46-52-60(59)54-62(57(7)49-43-39-35-31-27-23-19-15-11-3)58(8)50-44-40-36-32-28-24-20-16-12-4;5-3(6)1-2-4(7)8/h45-46,51-52,55-58H,9-44,47-50,53-54H2,1-8H3;1-2H2,(H,5,6)(H,7,8). The SMILES string of the molecule is CCCCCCCCCCCC(C)N(Cc1ccccc1CN(C(C)CCCCCCCCCCC)C(C)CCCCCCCCCCC)C(C)CCCCCCCCCCC.O=C(O)CCC(=O)O. The fraction of sp³-hybridized carbons (Fsp3) is 0.875. The quantitative estimate of drug-likeness (QED) is 0.0633. The van der Waals surface area contributed by atoms with E-state index in [1.807, 2.05) is 0 Å². The lowest BCUT2D eigenvalue weighted by Gasteiger charge is -2.38. The van der Waals surface area contributed by atoms with E-state index in [1.165, 1.54) is 257 Å². The zero-order chi connectivity index (χ0) is 51.7. The molecule has 0 aliphatic carbocycles. The molecule has 0 fully saturated rings. The van der Waals surface area contributed by atoms with Crippen LogP contribution in [0.15, 0.2) is 24.3 Å². The molecule has 0 amide bonds. The molecule has 1 rings (SSSR count). The molecular weight excluding hydrogens is 861 g/mol. The topological polar surface area (TPSA) is 81.1 Å². The van der Waals surface area contributed by atoms with Crippen LogP contribution in [-0.4, -0.2) is 56.1 Å². The Morgan fingerprint density at radius 3 is 0.714 bits per heavy atom. The van der Waals surface area contributed by atoms with Gasteiger partial charge in [0.25, 0.3) is 0 Å². The number of unbranched alkanes of at least 4 members (excludes halogenated alkanes) is 32. The first-order valence-corrected chi connectivity index (χ1v) is 31.0. The minimum Gasteiger partial charge on any atom is -0.481 e. The van der Waals surface area contributed by atoms with Gasteiger partial charge in [-0.15, -0.1) is 0 Å². The predicted octanol–water partition coefficient (Wildman–Crippen LogP) is 20.5. The first-order valence-electron chi connectivity index (χ1n) is 31.0. The summed E-state index contributed by atoms with van der Waals surface area (Å²) in [5.74, 6) is -2.15. The maximum atomic E-state index is 9.64. The lowest BCUT2D eigenvalue weighted by Crippen LogP contribution is -2.41. The zero-order valence-corrected chi connectivity index (χ0v) is 48.3. The minimum atomic E-state index is -1.08. The molecule has 4 unspecified atom stereocenters. The van der Waals surface area contributed by atoms with Gasteiger partial charge < -0.3 is 10.2 Å². The maximum absolute atomic E-state index is 9.64. The normalized spacial score (nSPS) is 13.3. The second-order valence-electron chi connectivity index (χ2n) is 22.3. The van der Waals surface area contributed by atoms with Crippen LogP contribution in [0.4, 0.5) is 0 Å². The lowest BCUT2D eigenvalue weighted by atomic mass is 9.97. The smallest absolute Gasteiger partial charge is 0.303 e. The van der Waals surface area contributed by atoms with Gasteiger partial charge in [0.15, 0.2) is 0 Å². The lowest BCUT2D eigenvalue weighted by molar-refractivity contribution is -0.143. The van der Waals surface area contributed by atoms with Crippen molar-refractivity contribution in [2.45, 2.75) is 362 Å². The molecule has 6 nitrogen and oxygen atoms in total. The maximum Gasteiger partial charge on any atom is 0.303 e. The van der Waals surface area contributed by atoms with Gasteiger partial charge in [-0.25, -0.2) is 0 Å². The molecule has 70 heavy (non-hydrogen) atoms. The molecule has 0 aromatic heterocycles. The van der Waals surface area contributed by atoms with Crippen LogP contribution >= 0.6 is 0 Å². The highest BCUT2D eigenvalue weighted by Crippen LogP contribution is 2.27. The Bertz CT molecular complexity index is 1120. The minimum absolute atomic E-state index is 0.296. The van der Waals surface area contributed by atoms with E-state index in [4.69, 9.17) is 10.2 Å². The fourth-order valence-corrected chi connectivity index (χ4v) is 10.6. The summed E-state index contributed by atoms with van der Waals surface area (Å²) in [6.07, 6.45) is 55.9. The number of rotatable bonds is 51. The van der Waals surface area contributed by atoms with Gasteiger partial charge in [-0.3, -0.25) is 19.4 Å². The van der Waals surface area contributed by atoms with E-state index in [2.05, 4.69) is 89.5 Å². The predicted molar refractivity (Wildman–Crippen MR) is 307 cm³/mol. The molecule has 412 valence electrons. The summed E-state index contributed by atoms with van der Waals surface area (Å²) < 4.78 is 0. The van der Waals surface area contributed by atoms with Crippen LogP contribution in [0.2, 0.25) is 0 Å². The van der Waals surface area contributed by atoms with E-state index in [-0.39, 0.29) is 12.8 Å². The summed E-state index contributed by atoms with van der Waals surface area (Å²) in [4.78, 5) is 25.2. The number of carboxylic acids is 2. The van der Waals surface area contributed by atoms with E-state index < -0.39 is 11.9 Å². The summed E-state index contributed by atoms with van der Waals surface area (Å²) in [7, 11) is 0. The van der Waals surface area contributed by atoms with Crippen molar-refractivity contribution < 1.29 is 19.8 Å². The van der Waals surface area contributed by atoms with Crippen LogP contribution in [0, 0.1) is 0 Å². The Labute approximate surface area is 437 Å². The monoisotopic (exact) mass is 983 g/mol. The van der Waals surface area contributed by atoms with Crippen LogP contribution in [0.3, 0.4) is 0 Å². The molecule has 0 spiro atoms. The van der Waals surface area contributed by atoms with Gasteiger partial charge in [0.05, 0.1) is 12.8 Å². The molecule has 0 saturated heterocycles. The van der Waals surface area contributed by atoms with Gasteiger partial charge in [-0.1, -0.05) is 283 Å². The first-order chi connectivity index (χ1) is 34.0. The average molecular weight is 984 g/mol. The molecule has 0 heterocycles. The molecule has 6 heteroatoms. The van der Waals surface area contributed by atoms with Crippen molar-refractivity contribution in [3.63, 3.8) is 0 Å². The summed E-state index contributed by atoms with van der Waals surface area (Å²) in [5.41, 5.74) is 3.20. The second-order valence-corrected chi connectivity index (χ2v) is 22.3. The van der Waals surface area contributed by atoms with Crippen molar-refractivity contribution in [1.82, 2.24) is 9.80 Å². The highest BCUT2D eigenvalue weighted by atomic mass is 16.4. The molecule has 0 aliphatic rings. The second kappa shape index (κ2) is 50.6. The molecule has 2 N–H and O–H groups in total. The van der Waals surface area contributed by atoms with Crippen molar-refractivity contribution >= 4 is 11.9 Å². The van der Waals surface area contributed by atoms with Crippen molar-refractivity contribution in [1.29, 1.82) is 0 Å². The average Bonchev–Trinajstić information content (AvgIpc) is 3.34. The summed E-state index contributed by atoms with van der Waals surface area (Å²) >= 11 is 0. The van der Waals surface area contributed by atoms with Gasteiger partial charge in [0, 0.05) is 37.3 Å². The number of aliphatic carboxylic acids is 2. The molecule has 0 bridgehead atoms. The van der Waals surface area contributed by atoms with Gasteiger partial charge in [-0.2, -0.15) is 0 Å². The van der Waals surface area contributed by atoms with Gasteiger partial charge in [-0.05, 0) is 64.5 Å². The van der Waals surface area contributed by atoms with Gasteiger partial charge >= 0.3 is 11.9 Å². The molecule has 0 aliphatic heterocycles. The molecular formula is C64H122N2O4. The first kappa shape index (κ1) is 68.1. The van der Waals surface area contributed by atoms with Crippen LogP contribution in [0.1, 0.15) is 336 Å². The summed E-state index contributed by atoms with van der Waals surface area (Å²) in [6, 6.07) is 12.2. The van der Waals surface area contributed by atoms with Crippen molar-refractivity contribution in [3.8, 4) is 0 Å². The Kier molecular flexibility index (Phi) is 49.2. The van der Waals surface area contributed by atoms with Crippen LogP contribution in [-0.2, 0) is 22.7 Å². The number of hydrogen-bond donors (Lipinski definition) is 2. The molecule has 0 saturated carbocycles. The molecule has 1 aromatic rings. The van der Waals surface area contributed by atoms with Crippen molar-refractivity contribution in [2.24, 2.45) is 0 Å². The van der Waals surface area contributed by atoms with Crippen molar-refractivity contribution in [3.05, 3.63) is 35.4 Å². The van der Waals surface area contributed by atoms with Gasteiger partial charge in [0.1, 0.15) is 0 Å². The number of nitrogens with zero attached hydrogens (tertiary/aromatic N) is 2. The molecule has 0 radical (unpaired) electrons. The van der Waals surface area contributed by atoms with E-state index >= 15 is 0 Å². The van der Waals surface area contributed by atoms with E-state index in [0.29, 0.717) is 24.2 Å². The number of carbonyl (C=O) groups is 2. The Balaban J connectivity index is 0.00000543. The van der Waals surface area contributed by atoms with Crippen LogP contribution < -0.4 is 0 Å². The molecule has 4 atom stereocenters. The van der Waals surface area contributed by atoms with E-state index in [1.54, 1.807) is 11.1 Å². The van der Waals surface area contributed by atoms with Gasteiger partial charge in [0.2, 0.25) is 0 Å². The van der Waals surface area contributed by atoms with Crippen molar-refractivity contribution in [2.75, 3.05) is 0 Å². The third-order valence-electron chi connectivity index (χ3n) is 15.5. The Morgan fingerprint density at radius 1 is 0.343 bits per heavy atom. The highest BCUT2D eigenvalue weighted by molar-refractivity contribution is 5.75. The highest BCUT2D eigenvalue weighted by Gasteiger charge is 2.24. The Morgan fingerprint density at radius 2 is 0.529 bits per heavy atom. The third-order valence-corrected chi connectivity index (χ3v) is 15.5. The van der Waals surface area contributed by atoms with Crippen LogP contribution in [0.5, 0.6) is 0 Å². The third kappa shape index (κ3) is 41.5. The number of carboxylic acid groups (broad SMARTS) is 2. The number of benzene rings is 1. The number of hydrogen-bond acceptors (Lipinski definition) is 4. The summed E-state index contributed by atoms with van der Waals surface area (Å²) in [5, 5.41) is 15.8. The zero-order valence-electron chi connectivity index (χ0n) is 48.3. The van der Waals surface area contributed by atoms with Crippen LogP contribution in [0.25, 0.3) is 0 Å². The fourth-order valence-electron chi connectivity index (χ4n) is 10.6. The largest absolute Gasteiger partial charge is 0.481 e. The molecule has 1 aromatic carbocycles. The van der Waals surface area contributed by atoms with E-state index in [0.717, 1.165) is 13.1 Å². The van der Waals surface area contributed by atoms with E-state index in [9.17, 15) is 9.59 Å².